The Bertz CT molecular complexity index is 701. The van der Waals surface area contributed by atoms with Gasteiger partial charge in [0.25, 0.3) is 0 Å². The van der Waals surface area contributed by atoms with E-state index in [1.807, 2.05) is 24.3 Å². The van der Waals surface area contributed by atoms with E-state index in [4.69, 9.17) is 5.73 Å². The van der Waals surface area contributed by atoms with Crippen LogP contribution in [0.4, 0.5) is 5.82 Å². The first-order valence-electron chi connectivity index (χ1n) is 5.83. The Morgan fingerprint density at radius 3 is 2.72 bits per heavy atom. The molecule has 5 nitrogen and oxygen atoms in total. The second kappa shape index (κ2) is 4.10. The van der Waals surface area contributed by atoms with Crippen molar-refractivity contribution in [3.05, 3.63) is 36.7 Å². The molecule has 2 N–H and O–H groups in total. The zero-order valence-corrected chi connectivity index (χ0v) is 10.0. The number of benzene rings is 1. The molecule has 0 aliphatic carbocycles. The molecule has 1 aromatic carbocycles. The van der Waals surface area contributed by atoms with Crippen molar-refractivity contribution >= 4 is 16.9 Å². The lowest BCUT2D eigenvalue weighted by atomic mass is 10.3. The van der Waals surface area contributed by atoms with E-state index in [9.17, 15) is 0 Å². The molecule has 0 amide bonds. The molecule has 0 saturated heterocycles. The summed E-state index contributed by atoms with van der Waals surface area (Å²) in [6.45, 7) is 2.88. The van der Waals surface area contributed by atoms with Crippen LogP contribution >= 0.6 is 0 Å². The molecule has 5 heteroatoms. The molecule has 18 heavy (non-hydrogen) atoms. The zero-order chi connectivity index (χ0) is 12.5. The van der Waals surface area contributed by atoms with Gasteiger partial charge in [0.15, 0.2) is 11.6 Å². The van der Waals surface area contributed by atoms with Gasteiger partial charge in [-0.2, -0.15) is 0 Å². The number of fused-ring (bicyclic) bond motifs is 1. The van der Waals surface area contributed by atoms with E-state index < -0.39 is 0 Å². The Morgan fingerprint density at radius 2 is 1.94 bits per heavy atom. The van der Waals surface area contributed by atoms with Gasteiger partial charge >= 0.3 is 0 Å². The van der Waals surface area contributed by atoms with Crippen molar-refractivity contribution in [2.45, 2.75) is 13.5 Å². The third-order valence-electron chi connectivity index (χ3n) is 2.91. The third kappa shape index (κ3) is 1.52. The van der Waals surface area contributed by atoms with Crippen LogP contribution in [-0.4, -0.2) is 19.5 Å². The molecule has 0 unspecified atom stereocenters. The SMILES string of the molecule is CCn1c(-c2nccnc2N)nc2ccccc21. The molecule has 90 valence electrons. The summed E-state index contributed by atoms with van der Waals surface area (Å²) in [5.41, 5.74) is 8.53. The molecule has 2 aromatic heterocycles. The van der Waals surface area contributed by atoms with Crippen LogP contribution in [0.15, 0.2) is 36.7 Å². The first-order chi connectivity index (χ1) is 8.81. The number of hydrogen-bond donors (Lipinski definition) is 1. The number of nitrogen functional groups attached to an aromatic ring is 1. The smallest absolute Gasteiger partial charge is 0.163 e. The van der Waals surface area contributed by atoms with Crippen LogP contribution in [0.1, 0.15) is 6.92 Å². The number of nitrogens with zero attached hydrogens (tertiary/aromatic N) is 4. The van der Waals surface area contributed by atoms with E-state index >= 15 is 0 Å². The molecule has 0 aliphatic rings. The van der Waals surface area contributed by atoms with Crippen LogP contribution in [0, 0.1) is 0 Å². The predicted octanol–water partition coefficient (Wildman–Crippen LogP) is 2.10. The van der Waals surface area contributed by atoms with E-state index in [1.54, 1.807) is 12.4 Å². The Morgan fingerprint density at radius 1 is 1.17 bits per heavy atom. The van der Waals surface area contributed by atoms with Gasteiger partial charge in [0, 0.05) is 18.9 Å². The molecule has 3 aromatic rings. The highest BCUT2D eigenvalue weighted by Crippen LogP contribution is 2.25. The molecule has 0 fully saturated rings. The average molecular weight is 239 g/mol. The molecule has 0 spiro atoms. The minimum Gasteiger partial charge on any atom is -0.382 e. The maximum absolute atomic E-state index is 5.87. The summed E-state index contributed by atoms with van der Waals surface area (Å²) >= 11 is 0. The van der Waals surface area contributed by atoms with Crippen LogP contribution in [0.3, 0.4) is 0 Å². The highest BCUT2D eigenvalue weighted by atomic mass is 15.1. The van der Waals surface area contributed by atoms with E-state index in [0.717, 1.165) is 23.4 Å². The highest BCUT2D eigenvalue weighted by molar-refractivity contribution is 5.81. The number of para-hydroxylation sites is 2. The summed E-state index contributed by atoms with van der Waals surface area (Å²) < 4.78 is 2.09. The van der Waals surface area contributed by atoms with E-state index in [2.05, 4.69) is 26.4 Å². The summed E-state index contributed by atoms with van der Waals surface area (Å²) in [4.78, 5) is 12.9. The van der Waals surface area contributed by atoms with Gasteiger partial charge in [-0.05, 0) is 19.1 Å². The number of nitrogens with two attached hydrogens (primary N) is 1. The number of aryl methyl sites for hydroxylation is 1. The predicted molar refractivity (Wildman–Crippen MR) is 70.8 cm³/mol. The topological polar surface area (TPSA) is 69.6 Å². The van der Waals surface area contributed by atoms with Crippen LogP contribution in [0.2, 0.25) is 0 Å². The Hall–Kier alpha value is -2.43. The van der Waals surface area contributed by atoms with E-state index in [1.165, 1.54) is 0 Å². The van der Waals surface area contributed by atoms with E-state index in [-0.39, 0.29) is 0 Å². The van der Waals surface area contributed by atoms with Crippen LogP contribution < -0.4 is 5.73 Å². The molecule has 2 heterocycles. The van der Waals surface area contributed by atoms with Crippen LogP contribution in [0.25, 0.3) is 22.6 Å². The second-order valence-electron chi connectivity index (χ2n) is 3.96. The Labute approximate surface area is 104 Å². The molecular formula is C13H13N5. The van der Waals surface area contributed by atoms with Crippen molar-refractivity contribution in [3.63, 3.8) is 0 Å². The largest absolute Gasteiger partial charge is 0.382 e. The van der Waals surface area contributed by atoms with Crippen molar-refractivity contribution in [1.82, 2.24) is 19.5 Å². The van der Waals surface area contributed by atoms with Crippen molar-refractivity contribution in [1.29, 1.82) is 0 Å². The van der Waals surface area contributed by atoms with Crippen molar-refractivity contribution < 1.29 is 0 Å². The zero-order valence-electron chi connectivity index (χ0n) is 10.0. The van der Waals surface area contributed by atoms with Gasteiger partial charge in [-0.15, -0.1) is 0 Å². The minimum absolute atomic E-state index is 0.405. The molecule has 0 atom stereocenters. The lowest BCUT2D eigenvalue weighted by molar-refractivity contribution is 0.793. The van der Waals surface area contributed by atoms with Crippen molar-refractivity contribution in [3.8, 4) is 11.5 Å². The minimum atomic E-state index is 0.405. The fourth-order valence-corrected chi connectivity index (χ4v) is 2.10. The van der Waals surface area contributed by atoms with Gasteiger partial charge in [0.2, 0.25) is 0 Å². The van der Waals surface area contributed by atoms with Gasteiger partial charge in [0.05, 0.1) is 11.0 Å². The standard InChI is InChI=1S/C13H13N5/c1-2-18-10-6-4-3-5-9(10)17-13(18)11-12(14)16-8-7-15-11/h3-8H,2H2,1H3,(H2,14,16). The fourth-order valence-electron chi connectivity index (χ4n) is 2.10. The van der Waals surface area contributed by atoms with Crippen molar-refractivity contribution in [2.75, 3.05) is 5.73 Å². The molecule has 0 saturated carbocycles. The summed E-state index contributed by atoms with van der Waals surface area (Å²) in [7, 11) is 0. The first-order valence-corrected chi connectivity index (χ1v) is 5.83. The average Bonchev–Trinajstić information content (AvgIpc) is 2.77. The molecule has 0 bridgehead atoms. The summed E-state index contributed by atoms with van der Waals surface area (Å²) in [5.74, 6) is 1.17. The monoisotopic (exact) mass is 239 g/mol. The second-order valence-corrected chi connectivity index (χ2v) is 3.96. The normalized spacial score (nSPS) is 10.9. The van der Waals surface area contributed by atoms with Crippen molar-refractivity contribution in [2.24, 2.45) is 0 Å². The molecular weight excluding hydrogens is 226 g/mol. The van der Waals surface area contributed by atoms with Gasteiger partial charge in [-0.25, -0.2) is 15.0 Å². The number of hydrogen-bond acceptors (Lipinski definition) is 4. The number of rotatable bonds is 2. The Balaban J connectivity index is 2.32. The highest BCUT2D eigenvalue weighted by Gasteiger charge is 2.14. The molecule has 0 aliphatic heterocycles. The van der Waals surface area contributed by atoms with Gasteiger partial charge < -0.3 is 10.3 Å². The summed E-state index contributed by atoms with van der Waals surface area (Å²) in [6.07, 6.45) is 3.21. The Kier molecular flexibility index (Phi) is 2.44. The lowest BCUT2D eigenvalue weighted by Gasteiger charge is -2.06. The molecule has 3 rings (SSSR count). The maximum atomic E-state index is 5.87. The number of aromatic nitrogens is 4. The first kappa shape index (κ1) is 10.7. The molecule has 0 radical (unpaired) electrons. The maximum Gasteiger partial charge on any atom is 0.163 e. The number of anilines is 1. The van der Waals surface area contributed by atoms with Gasteiger partial charge in [-0.1, -0.05) is 12.1 Å². The van der Waals surface area contributed by atoms with Gasteiger partial charge in [-0.3, -0.25) is 0 Å². The van der Waals surface area contributed by atoms with Gasteiger partial charge in [0.1, 0.15) is 5.69 Å². The fraction of sp³-hybridized carbons (Fsp3) is 0.154. The summed E-state index contributed by atoms with van der Waals surface area (Å²) in [5, 5.41) is 0. The van der Waals surface area contributed by atoms with Crippen LogP contribution in [0.5, 0.6) is 0 Å². The van der Waals surface area contributed by atoms with Crippen LogP contribution in [-0.2, 0) is 6.54 Å². The third-order valence-corrected chi connectivity index (χ3v) is 2.91. The number of imidazole rings is 1. The lowest BCUT2D eigenvalue weighted by Crippen LogP contribution is -2.03. The summed E-state index contributed by atoms with van der Waals surface area (Å²) in [6, 6.07) is 8.00. The van der Waals surface area contributed by atoms with E-state index in [0.29, 0.717) is 11.5 Å². The quantitative estimate of drug-likeness (QED) is 0.743.